The first-order valence-electron chi connectivity index (χ1n) is 4.59. The Hall–Kier alpha value is 1.35. The first-order chi connectivity index (χ1) is 12.0. The van der Waals surface area contributed by atoms with Gasteiger partial charge in [-0.1, -0.05) is 0 Å². The molecule has 24 nitrogen and oxygen atoms in total. The van der Waals surface area contributed by atoms with E-state index < -0.39 is 46.9 Å². The van der Waals surface area contributed by atoms with Gasteiger partial charge in [-0.2, -0.15) is 0 Å². The minimum atomic E-state index is -4.89. The Labute approximate surface area is 183 Å². The third-order valence-corrected chi connectivity index (χ3v) is 0. The second-order valence-electron chi connectivity index (χ2n) is 2.94. The normalized spacial score (nSPS) is 11.4. The van der Waals surface area contributed by atoms with Crippen molar-refractivity contribution in [3.8, 4) is 0 Å². The average molecular weight is 766 g/mol. The minimum Gasteiger partial charge on any atom is -0.756 e. The summed E-state index contributed by atoms with van der Waals surface area (Å²) >= 11 is 0. The molecule has 12 N–H and O–H groups in total. The quantitative estimate of drug-likeness (QED) is 0.102. The Morgan fingerprint density at radius 2 is 0.290 bits per heavy atom. The molecular formula is H12O24P6W-6. The molecule has 0 rings (SSSR count). The molecule has 0 aromatic carbocycles. The molecule has 0 atom stereocenters. The SMILES string of the molecule is O=P([O-])(O)O.O=P([O-])(O)O.O=P([O-])(O)O.O=P([O-])(O)O.O=P([O-])(O)O.O=P([O-])(O)O.[W]. The van der Waals surface area contributed by atoms with Crippen LogP contribution in [0.3, 0.4) is 0 Å². The zero-order chi connectivity index (χ0) is 27.0. The summed E-state index contributed by atoms with van der Waals surface area (Å²) in [6.07, 6.45) is 0. The van der Waals surface area contributed by atoms with Crippen molar-refractivity contribution in [3.05, 3.63) is 0 Å². The summed E-state index contributed by atoms with van der Waals surface area (Å²) < 4.78 is 52.6. The molecule has 0 saturated heterocycles. The van der Waals surface area contributed by atoms with Crippen LogP contribution in [0.15, 0.2) is 0 Å². The van der Waals surface area contributed by atoms with Gasteiger partial charge in [0.1, 0.15) is 0 Å². The van der Waals surface area contributed by atoms with Crippen LogP contribution in [-0.4, -0.2) is 58.7 Å². The summed E-state index contributed by atoms with van der Waals surface area (Å²) in [7, 11) is -29.3. The first kappa shape index (κ1) is 49.5. The Morgan fingerprint density at radius 3 is 0.290 bits per heavy atom. The Bertz CT molecular complexity index is 460. The van der Waals surface area contributed by atoms with E-state index in [1.807, 2.05) is 0 Å². The van der Waals surface area contributed by atoms with Gasteiger partial charge >= 0.3 is 0 Å². The van der Waals surface area contributed by atoms with Crippen molar-refractivity contribution in [1.82, 2.24) is 0 Å². The third kappa shape index (κ3) is 14900. The molecule has 0 spiro atoms. The van der Waals surface area contributed by atoms with E-state index in [-0.39, 0.29) is 21.1 Å². The van der Waals surface area contributed by atoms with Gasteiger partial charge in [-0.05, 0) is 0 Å². The Balaban J connectivity index is -0.0000000443. The van der Waals surface area contributed by atoms with E-state index in [1.165, 1.54) is 0 Å². The molecule has 0 bridgehead atoms. The summed E-state index contributed by atoms with van der Waals surface area (Å²) in [6.45, 7) is 0. The van der Waals surface area contributed by atoms with Crippen LogP contribution in [0.25, 0.3) is 0 Å². The molecule has 198 valence electrons. The van der Waals surface area contributed by atoms with Gasteiger partial charge in [-0.15, -0.1) is 0 Å². The second-order valence-corrected chi connectivity index (χ2v) is 8.83. The van der Waals surface area contributed by atoms with E-state index in [0.29, 0.717) is 0 Å². The fourth-order valence-corrected chi connectivity index (χ4v) is 0. The topological polar surface area (TPSA) is 484 Å². The number of rotatable bonds is 0. The van der Waals surface area contributed by atoms with E-state index in [0.717, 1.165) is 0 Å². The van der Waals surface area contributed by atoms with Gasteiger partial charge in [0.15, 0.2) is 0 Å². The van der Waals surface area contributed by atoms with Gasteiger partial charge in [0.05, 0.1) is 0 Å². The number of phosphoric acid groups is 6. The first-order valence-corrected chi connectivity index (χ1v) is 13.8. The predicted molar refractivity (Wildman–Crippen MR) is 72.3 cm³/mol. The van der Waals surface area contributed by atoms with Gasteiger partial charge < -0.3 is 88.1 Å². The number of hydrogen-bond acceptors (Lipinski definition) is 12. The van der Waals surface area contributed by atoms with Crippen LogP contribution in [0.1, 0.15) is 0 Å². The molecule has 0 unspecified atom stereocenters. The number of hydrogen-bond donors (Lipinski definition) is 12. The molecular weight excluding hydrogens is 754 g/mol. The largest absolute Gasteiger partial charge is 0.756 e. The third-order valence-electron chi connectivity index (χ3n) is 0. The van der Waals surface area contributed by atoms with E-state index in [4.69, 9.17) is 115 Å². The molecule has 0 saturated carbocycles. The monoisotopic (exact) mass is 766 g/mol. The van der Waals surface area contributed by atoms with Crippen LogP contribution in [0.2, 0.25) is 0 Å². The van der Waals surface area contributed by atoms with Crippen LogP contribution in [0.4, 0.5) is 0 Å². The van der Waals surface area contributed by atoms with E-state index in [9.17, 15) is 0 Å². The van der Waals surface area contributed by atoms with Crippen molar-refractivity contribution in [2.45, 2.75) is 0 Å². The van der Waals surface area contributed by atoms with Crippen LogP contribution in [0, 0.1) is 0 Å². The van der Waals surface area contributed by atoms with Crippen LogP contribution >= 0.6 is 46.9 Å². The van der Waals surface area contributed by atoms with Crippen molar-refractivity contribution in [2.24, 2.45) is 0 Å². The van der Waals surface area contributed by atoms with Crippen LogP contribution in [0.5, 0.6) is 0 Å². The van der Waals surface area contributed by atoms with E-state index in [2.05, 4.69) is 0 Å². The molecule has 0 heterocycles. The molecule has 0 aromatic rings. The molecule has 0 aliphatic heterocycles. The summed E-state index contributed by atoms with van der Waals surface area (Å²) in [6, 6.07) is 0. The zero-order valence-corrected chi connectivity index (χ0v) is 21.7. The molecule has 31 heavy (non-hydrogen) atoms. The fraction of sp³-hybridized carbons (Fsp3) is 0. The second kappa shape index (κ2) is 20.7. The molecule has 0 amide bonds. The van der Waals surface area contributed by atoms with Crippen molar-refractivity contribution >= 4 is 46.9 Å². The van der Waals surface area contributed by atoms with Crippen molar-refractivity contribution < 1.29 is 137 Å². The summed E-state index contributed by atoms with van der Waals surface area (Å²) in [5.74, 6) is 0. The Morgan fingerprint density at radius 1 is 0.290 bits per heavy atom. The minimum absolute atomic E-state index is 0. The standard InChI is InChI=1S/6H3O4P.W/c6*1-5(2,3)4;/h6*(H3,1,2,3,4);/p-6. The van der Waals surface area contributed by atoms with Gasteiger partial charge in [0.2, 0.25) is 0 Å². The van der Waals surface area contributed by atoms with Gasteiger partial charge in [-0.25, -0.2) is 0 Å². The summed E-state index contributed by atoms with van der Waals surface area (Å²) in [4.78, 5) is 138. The maximum atomic E-state index is 8.77. The Kier molecular flexibility index (Phi) is 33.0. The molecule has 0 fully saturated rings. The summed E-state index contributed by atoms with van der Waals surface area (Å²) in [5, 5.41) is 0. The molecule has 0 radical (unpaired) electrons. The van der Waals surface area contributed by atoms with Crippen LogP contribution < -0.4 is 29.4 Å². The van der Waals surface area contributed by atoms with Crippen molar-refractivity contribution in [1.29, 1.82) is 0 Å². The molecule has 0 aliphatic carbocycles. The van der Waals surface area contributed by atoms with E-state index >= 15 is 0 Å². The van der Waals surface area contributed by atoms with Crippen molar-refractivity contribution in [2.75, 3.05) is 0 Å². The summed E-state index contributed by atoms with van der Waals surface area (Å²) in [5.41, 5.74) is 0. The van der Waals surface area contributed by atoms with E-state index in [1.54, 1.807) is 0 Å². The fourth-order valence-electron chi connectivity index (χ4n) is 0. The van der Waals surface area contributed by atoms with Crippen LogP contribution in [-0.2, 0) is 48.5 Å². The molecule has 0 aliphatic rings. The smallest absolute Gasteiger partial charge is 0.262 e. The molecule has 0 aromatic heterocycles. The zero-order valence-electron chi connectivity index (χ0n) is 13.4. The van der Waals surface area contributed by atoms with Gasteiger partial charge in [0, 0.05) is 21.1 Å². The van der Waals surface area contributed by atoms with Gasteiger partial charge in [0.25, 0.3) is 46.9 Å². The maximum Gasteiger partial charge on any atom is 0.262 e. The average Bonchev–Trinajstić information content (AvgIpc) is 1.94. The predicted octanol–water partition coefficient (Wildman–Crippen LogP) is -9.37. The maximum absolute atomic E-state index is 8.77. The van der Waals surface area contributed by atoms with Crippen molar-refractivity contribution in [3.63, 3.8) is 0 Å². The van der Waals surface area contributed by atoms with Gasteiger partial charge in [-0.3, -0.25) is 27.4 Å². The molecule has 31 heteroatoms.